The Morgan fingerprint density at radius 1 is 1.00 bits per heavy atom. The minimum atomic E-state index is -1.50. The lowest BCUT2D eigenvalue weighted by Crippen LogP contribution is -2.18. The van der Waals surface area contributed by atoms with Gasteiger partial charge in [0.05, 0.1) is 5.69 Å². The first kappa shape index (κ1) is 11.3. The van der Waals surface area contributed by atoms with Crippen molar-refractivity contribution in [1.29, 1.82) is 0 Å². The van der Waals surface area contributed by atoms with Gasteiger partial charge in [0.1, 0.15) is 5.69 Å². The molecule has 0 fully saturated rings. The van der Waals surface area contributed by atoms with Gasteiger partial charge >= 0.3 is 11.3 Å². The molecule has 1 aliphatic rings. The Morgan fingerprint density at radius 2 is 1.72 bits per heavy atom. The second-order valence-corrected chi connectivity index (χ2v) is 5.27. The molecule has 0 N–H and O–H groups in total. The van der Waals surface area contributed by atoms with Gasteiger partial charge in [0.2, 0.25) is 0 Å². The molecule has 0 saturated carbocycles. The van der Waals surface area contributed by atoms with Crippen molar-refractivity contribution >= 4 is 22.6 Å². The fraction of sp³-hybridized carbons (Fsp3) is 0.143. The van der Waals surface area contributed by atoms with Crippen molar-refractivity contribution in [1.82, 2.24) is 0 Å². The highest BCUT2D eigenvalue weighted by molar-refractivity contribution is 7.82. The normalized spacial score (nSPS) is 17.4. The number of benzene rings is 2. The van der Waals surface area contributed by atoms with Crippen molar-refractivity contribution in [3.05, 3.63) is 53.6 Å². The predicted molar refractivity (Wildman–Crippen MR) is 73.3 cm³/mol. The third-order valence-electron chi connectivity index (χ3n) is 3.05. The van der Waals surface area contributed by atoms with Gasteiger partial charge in [-0.25, -0.2) is 4.31 Å². The van der Waals surface area contributed by atoms with Crippen LogP contribution in [0, 0.1) is 13.8 Å². The van der Waals surface area contributed by atoms with Crippen LogP contribution in [0.15, 0.2) is 42.5 Å². The zero-order valence-corrected chi connectivity index (χ0v) is 11.0. The van der Waals surface area contributed by atoms with E-state index in [1.54, 1.807) is 4.31 Å². The zero-order valence-electron chi connectivity index (χ0n) is 10.2. The summed E-state index contributed by atoms with van der Waals surface area (Å²) in [5.74, 6) is 0.677. The summed E-state index contributed by atoms with van der Waals surface area (Å²) in [6, 6.07) is 13.6. The van der Waals surface area contributed by atoms with Gasteiger partial charge in [-0.2, -0.15) is 4.21 Å². The lowest BCUT2D eigenvalue weighted by Gasteiger charge is -2.17. The number of hydrogen-bond donors (Lipinski definition) is 0. The van der Waals surface area contributed by atoms with Crippen molar-refractivity contribution in [3.63, 3.8) is 0 Å². The van der Waals surface area contributed by atoms with Gasteiger partial charge in [-0.3, -0.25) is 0 Å². The van der Waals surface area contributed by atoms with E-state index in [0.717, 1.165) is 22.5 Å². The van der Waals surface area contributed by atoms with Gasteiger partial charge in [-0.15, -0.1) is 0 Å². The summed E-state index contributed by atoms with van der Waals surface area (Å²) in [6.07, 6.45) is 0. The summed E-state index contributed by atoms with van der Waals surface area (Å²) in [4.78, 5) is 0. The van der Waals surface area contributed by atoms with Crippen LogP contribution in [-0.2, 0) is 11.3 Å². The molecule has 2 aromatic carbocycles. The number of rotatable bonds is 1. The van der Waals surface area contributed by atoms with Crippen LogP contribution >= 0.6 is 0 Å². The molecule has 1 unspecified atom stereocenters. The van der Waals surface area contributed by atoms with Crippen LogP contribution in [0.3, 0.4) is 0 Å². The molecule has 92 valence electrons. The van der Waals surface area contributed by atoms with E-state index in [1.807, 2.05) is 56.3 Å². The molecule has 1 heterocycles. The second kappa shape index (κ2) is 4.14. The van der Waals surface area contributed by atoms with Gasteiger partial charge in [0.15, 0.2) is 5.75 Å². The van der Waals surface area contributed by atoms with Gasteiger partial charge in [0.25, 0.3) is 0 Å². The van der Waals surface area contributed by atoms with Crippen LogP contribution in [0.2, 0.25) is 0 Å². The van der Waals surface area contributed by atoms with Crippen molar-refractivity contribution in [2.75, 3.05) is 4.31 Å². The largest absolute Gasteiger partial charge is 0.382 e. The molecule has 3 rings (SSSR count). The maximum absolute atomic E-state index is 12.2. The van der Waals surface area contributed by atoms with Crippen LogP contribution in [0.1, 0.15) is 11.1 Å². The number of para-hydroxylation sites is 2. The maximum atomic E-state index is 12.2. The predicted octanol–water partition coefficient (Wildman–Crippen LogP) is 3.41. The Balaban J connectivity index is 2.21. The van der Waals surface area contributed by atoms with Crippen LogP contribution in [0.5, 0.6) is 5.75 Å². The van der Waals surface area contributed by atoms with E-state index >= 15 is 0 Å². The maximum Gasteiger partial charge on any atom is 0.323 e. The Morgan fingerprint density at radius 3 is 2.50 bits per heavy atom. The molecule has 0 amide bonds. The Kier molecular flexibility index (Phi) is 2.59. The smallest absolute Gasteiger partial charge is 0.323 e. The zero-order chi connectivity index (χ0) is 12.7. The fourth-order valence-electron chi connectivity index (χ4n) is 2.14. The first-order valence-corrected chi connectivity index (χ1v) is 6.77. The Hall–Kier alpha value is -1.81. The summed E-state index contributed by atoms with van der Waals surface area (Å²) >= 11 is -1.50. The van der Waals surface area contributed by atoms with Crippen molar-refractivity contribution in [3.8, 4) is 5.75 Å². The molecular weight excluding hydrogens is 246 g/mol. The molecule has 1 aliphatic heterocycles. The van der Waals surface area contributed by atoms with E-state index in [9.17, 15) is 4.21 Å². The van der Waals surface area contributed by atoms with E-state index in [1.165, 1.54) is 0 Å². The first-order chi connectivity index (χ1) is 8.68. The van der Waals surface area contributed by atoms with Crippen molar-refractivity contribution in [2.24, 2.45) is 0 Å². The number of fused-ring (bicyclic) bond motifs is 1. The molecule has 0 aromatic heterocycles. The third-order valence-corrected chi connectivity index (χ3v) is 4.05. The minimum Gasteiger partial charge on any atom is -0.382 e. The molecule has 2 aromatic rings. The standard InChI is InChI=1S/C14H13NO2S/c1-10-6-3-4-8-12(10)15-14-11(2)7-5-9-13(14)17-18(15)16/h3-9H,1-2H3. The van der Waals surface area contributed by atoms with Crippen LogP contribution < -0.4 is 8.49 Å². The van der Waals surface area contributed by atoms with Gasteiger partial charge in [-0.1, -0.05) is 30.3 Å². The quantitative estimate of drug-likeness (QED) is 0.785. The van der Waals surface area contributed by atoms with Gasteiger partial charge in [0, 0.05) is 0 Å². The number of anilines is 2. The molecule has 0 saturated heterocycles. The highest BCUT2D eigenvalue weighted by Gasteiger charge is 2.31. The third kappa shape index (κ3) is 1.61. The average molecular weight is 259 g/mol. The number of hydrogen-bond acceptors (Lipinski definition) is 2. The lowest BCUT2D eigenvalue weighted by atomic mass is 10.1. The van der Waals surface area contributed by atoms with E-state index in [2.05, 4.69) is 0 Å². The SMILES string of the molecule is Cc1ccccc1N1c2c(C)cccc2OS1=O. The topological polar surface area (TPSA) is 29.5 Å². The highest BCUT2D eigenvalue weighted by atomic mass is 32.2. The first-order valence-electron chi connectivity index (χ1n) is 5.74. The summed E-state index contributed by atoms with van der Waals surface area (Å²) in [5, 5.41) is 0. The fourth-order valence-corrected chi connectivity index (χ4v) is 3.25. The lowest BCUT2D eigenvalue weighted by molar-refractivity contribution is 0.578. The molecule has 1 atom stereocenters. The molecule has 0 spiro atoms. The second-order valence-electron chi connectivity index (χ2n) is 4.30. The summed E-state index contributed by atoms with van der Waals surface area (Å²) in [6.45, 7) is 4.00. The van der Waals surface area contributed by atoms with E-state index in [-0.39, 0.29) is 0 Å². The van der Waals surface area contributed by atoms with Gasteiger partial charge < -0.3 is 4.18 Å². The van der Waals surface area contributed by atoms with Gasteiger partial charge in [-0.05, 0) is 37.1 Å². The molecule has 0 radical (unpaired) electrons. The highest BCUT2D eigenvalue weighted by Crippen LogP contribution is 2.44. The molecular formula is C14H13NO2S. The van der Waals surface area contributed by atoms with Crippen molar-refractivity contribution < 1.29 is 8.39 Å². The molecule has 0 aliphatic carbocycles. The summed E-state index contributed by atoms with van der Waals surface area (Å²) in [7, 11) is 0. The molecule has 0 bridgehead atoms. The molecule has 3 nitrogen and oxygen atoms in total. The number of nitrogens with zero attached hydrogens (tertiary/aromatic N) is 1. The van der Waals surface area contributed by atoms with E-state index in [4.69, 9.17) is 4.18 Å². The summed E-state index contributed by atoms with van der Waals surface area (Å²) < 4.78 is 19.3. The average Bonchev–Trinajstić information content (AvgIpc) is 2.68. The van der Waals surface area contributed by atoms with E-state index in [0.29, 0.717) is 5.75 Å². The number of aryl methyl sites for hydroxylation is 2. The van der Waals surface area contributed by atoms with Crippen LogP contribution in [0.25, 0.3) is 0 Å². The monoisotopic (exact) mass is 259 g/mol. The Bertz CT molecular complexity index is 639. The molecule has 4 heteroatoms. The molecule has 18 heavy (non-hydrogen) atoms. The van der Waals surface area contributed by atoms with E-state index < -0.39 is 11.3 Å². The summed E-state index contributed by atoms with van der Waals surface area (Å²) in [5.41, 5.74) is 3.95. The van der Waals surface area contributed by atoms with Crippen LogP contribution in [0.4, 0.5) is 11.4 Å². The van der Waals surface area contributed by atoms with Crippen LogP contribution in [-0.4, -0.2) is 4.21 Å². The Labute approximate surface area is 109 Å². The van der Waals surface area contributed by atoms with Crippen molar-refractivity contribution in [2.45, 2.75) is 13.8 Å². The minimum absolute atomic E-state index is 0.677.